The van der Waals surface area contributed by atoms with E-state index in [1.54, 1.807) is 24.3 Å². The Labute approximate surface area is 129 Å². The van der Waals surface area contributed by atoms with Crippen LogP contribution in [0.5, 0.6) is 0 Å². The van der Waals surface area contributed by atoms with Crippen LogP contribution >= 0.6 is 22.9 Å². The molecule has 21 heavy (non-hydrogen) atoms. The Morgan fingerprint density at radius 1 is 1.33 bits per heavy atom. The maximum absolute atomic E-state index is 12.0. The Balaban J connectivity index is 1.94. The van der Waals surface area contributed by atoms with Crippen LogP contribution in [0.1, 0.15) is 27.7 Å². The summed E-state index contributed by atoms with van der Waals surface area (Å²) in [6.07, 6.45) is 1.04. The lowest BCUT2D eigenvalue weighted by Gasteiger charge is -2.02. The van der Waals surface area contributed by atoms with Crippen LogP contribution in [-0.4, -0.2) is 27.2 Å². The van der Waals surface area contributed by atoms with Gasteiger partial charge in [0.1, 0.15) is 5.01 Å². The van der Waals surface area contributed by atoms with Gasteiger partial charge in [-0.25, -0.2) is 0 Å². The number of carbonyl (C=O) groups is 2. The fourth-order valence-electron chi connectivity index (χ4n) is 1.59. The number of aromatic nitrogens is 2. The molecule has 8 heteroatoms. The Hall–Kier alpha value is -1.99. The predicted molar refractivity (Wildman–Crippen MR) is 79.9 cm³/mol. The molecular formula is C13H12ClN3O3S. The molecular weight excluding hydrogens is 314 g/mol. The molecule has 2 rings (SSSR count). The molecule has 0 aliphatic rings. The van der Waals surface area contributed by atoms with E-state index in [1.165, 1.54) is 0 Å². The van der Waals surface area contributed by atoms with Gasteiger partial charge in [-0.1, -0.05) is 29.0 Å². The van der Waals surface area contributed by atoms with Crippen LogP contribution in [0.3, 0.4) is 0 Å². The normalized spacial score (nSPS) is 10.3. The summed E-state index contributed by atoms with van der Waals surface area (Å²) >= 11 is 6.99. The molecule has 0 aliphatic carbocycles. The number of rotatable bonds is 6. The highest BCUT2D eigenvalue weighted by molar-refractivity contribution is 7.13. The number of aliphatic carboxylic acids is 1. The van der Waals surface area contributed by atoms with E-state index < -0.39 is 5.97 Å². The van der Waals surface area contributed by atoms with Gasteiger partial charge in [0, 0.05) is 23.6 Å². The van der Waals surface area contributed by atoms with Gasteiger partial charge in [0.05, 0.1) is 0 Å². The fraction of sp³-hybridized carbons (Fsp3) is 0.231. The van der Waals surface area contributed by atoms with Crippen molar-refractivity contribution >= 4 is 40.5 Å². The number of amides is 1. The molecule has 0 spiro atoms. The summed E-state index contributed by atoms with van der Waals surface area (Å²) in [6, 6.07) is 6.80. The first-order chi connectivity index (χ1) is 10.0. The van der Waals surface area contributed by atoms with Crippen molar-refractivity contribution in [3.05, 3.63) is 39.3 Å². The van der Waals surface area contributed by atoms with Gasteiger partial charge in [0.2, 0.25) is 5.01 Å². The van der Waals surface area contributed by atoms with Crippen molar-refractivity contribution < 1.29 is 14.7 Å². The molecule has 0 atom stereocenters. The second-order valence-electron chi connectivity index (χ2n) is 4.21. The van der Waals surface area contributed by atoms with Gasteiger partial charge in [-0.15, -0.1) is 10.2 Å². The van der Waals surface area contributed by atoms with Crippen molar-refractivity contribution in [2.75, 3.05) is 5.32 Å². The number of benzene rings is 1. The molecule has 0 aliphatic heterocycles. The van der Waals surface area contributed by atoms with E-state index in [2.05, 4.69) is 15.5 Å². The maximum atomic E-state index is 12.0. The smallest absolute Gasteiger partial charge is 0.303 e. The van der Waals surface area contributed by atoms with Crippen molar-refractivity contribution in [1.82, 2.24) is 10.2 Å². The summed E-state index contributed by atoms with van der Waals surface area (Å²) < 4.78 is 0. The molecule has 0 bridgehead atoms. The quantitative estimate of drug-likeness (QED) is 0.852. The number of aryl methyl sites for hydroxylation is 1. The van der Waals surface area contributed by atoms with Crippen molar-refractivity contribution in [3.8, 4) is 0 Å². The van der Waals surface area contributed by atoms with Gasteiger partial charge < -0.3 is 10.4 Å². The first kappa shape index (κ1) is 15.4. The van der Waals surface area contributed by atoms with Crippen molar-refractivity contribution in [2.45, 2.75) is 19.3 Å². The van der Waals surface area contributed by atoms with Crippen LogP contribution < -0.4 is 5.32 Å². The summed E-state index contributed by atoms with van der Waals surface area (Å²) in [5.74, 6) is -1.21. The number of carboxylic acids is 1. The van der Waals surface area contributed by atoms with Crippen LogP contribution in [0, 0.1) is 0 Å². The molecule has 2 N–H and O–H groups in total. The highest BCUT2D eigenvalue weighted by Gasteiger charge is 2.13. The number of carbonyl (C=O) groups excluding carboxylic acids is 1. The van der Waals surface area contributed by atoms with Gasteiger partial charge in [-0.2, -0.15) is 0 Å². The summed E-state index contributed by atoms with van der Waals surface area (Å²) in [7, 11) is 0. The molecule has 0 fully saturated rings. The summed E-state index contributed by atoms with van der Waals surface area (Å²) in [5.41, 5.74) is 0.579. The molecule has 0 saturated heterocycles. The number of nitrogens with one attached hydrogen (secondary N) is 1. The molecule has 1 heterocycles. The SMILES string of the molecule is O=C(O)CCCc1nnc(C(=O)Nc2cccc(Cl)c2)s1. The second-order valence-corrected chi connectivity index (χ2v) is 5.71. The lowest BCUT2D eigenvalue weighted by molar-refractivity contribution is -0.137. The van der Waals surface area contributed by atoms with E-state index in [0.29, 0.717) is 28.6 Å². The van der Waals surface area contributed by atoms with Crippen LogP contribution in [-0.2, 0) is 11.2 Å². The third-order valence-electron chi connectivity index (χ3n) is 2.52. The summed E-state index contributed by atoms with van der Waals surface area (Å²) in [4.78, 5) is 22.4. The van der Waals surface area contributed by atoms with Crippen molar-refractivity contribution in [1.29, 1.82) is 0 Å². The van der Waals surface area contributed by atoms with Crippen molar-refractivity contribution in [2.24, 2.45) is 0 Å². The topological polar surface area (TPSA) is 92.2 Å². The molecule has 1 aromatic carbocycles. The molecule has 1 aromatic heterocycles. The highest BCUT2D eigenvalue weighted by Crippen LogP contribution is 2.18. The van der Waals surface area contributed by atoms with Crippen molar-refractivity contribution in [3.63, 3.8) is 0 Å². The number of hydrogen-bond donors (Lipinski definition) is 2. The average molecular weight is 326 g/mol. The van der Waals surface area contributed by atoms with Gasteiger partial charge in [0.15, 0.2) is 0 Å². The lowest BCUT2D eigenvalue weighted by atomic mass is 10.2. The van der Waals surface area contributed by atoms with Gasteiger partial charge in [0.25, 0.3) is 5.91 Å². The van der Waals surface area contributed by atoms with Gasteiger partial charge in [-0.3, -0.25) is 9.59 Å². The Morgan fingerprint density at radius 3 is 2.86 bits per heavy atom. The highest BCUT2D eigenvalue weighted by atomic mass is 35.5. The number of nitrogens with zero attached hydrogens (tertiary/aromatic N) is 2. The van der Waals surface area contributed by atoms with Crippen LogP contribution in [0.25, 0.3) is 0 Å². The minimum atomic E-state index is -0.849. The van der Waals surface area contributed by atoms with E-state index in [1.807, 2.05) is 0 Å². The van der Waals surface area contributed by atoms with E-state index in [-0.39, 0.29) is 17.3 Å². The fourth-order valence-corrected chi connectivity index (χ4v) is 2.55. The van der Waals surface area contributed by atoms with Crippen LogP contribution in [0.4, 0.5) is 5.69 Å². The van der Waals surface area contributed by atoms with Gasteiger partial charge in [-0.05, 0) is 24.6 Å². The third kappa shape index (κ3) is 4.80. The molecule has 0 radical (unpaired) electrons. The zero-order chi connectivity index (χ0) is 15.2. The van der Waals surface area contributed by atoms with E-state index >= 15 is 0 Å². The average Bonchev–Trinajstić information content (AvgIpc) is 2.87. The zero-order valence-corrected chi connectivity index (χ0v) is 12.4. The molecule has 1 amide bonds. The number of anilines is 1. The minimum Gasteiger partial charge on any atom is -0.481 e. The van der Waals surface area contributed by atoms with E-state index in [9.17, 15) is 9.59 Å². The van der Waals surface area contributed by atoms with E-state index in [4.69, 9.17) is 16.7 Å². The maximum Gasteiger partial charge on any atom is 0.303 e. The Morgan fingerprint density at radius 2 is 2.14 bits per heavy atom. The number of carboxylic acid groups (broad SMARTS) is 1. The second kappa shape index (κ2) is 7.14. The van der Waals surface area contributed by atoms with Gasteiger partial charge >= 0.3 is 5.97 Å². The lowest BCUT2D eigenvalue weighted by Crippen LogP contribution is -2.11. The molecule has 0 unspecified atom stereocenters. The van der Waals surface area contributed by atoms with Crippen LogP contribution in [0.2, 0.25) is 5.02 Å². The largest absolute Gasteiger partial charge is 0.481 e. The number of halogens is 1. The standard InChI is InChI=1S/C13H12ClN3O3S/c14-8-3-1-4-9(7-8)15-12(20)13-17-16-10(21-13)5-2-6-11(18)19/h1,3-4,7H,2,5-6H2,(H,15,20)(H,18,19). The first-order valence-corrected chi connectivity index (χ1v) is 7.35. The zero-order valence-electron chi connectivity index (χ0n) is 10.9. The molecule has 110 valence electrons. The predicted octanol–water partition coefficient (Wildman–Crippen LogP) is 2.85. The first-order valence-electron chi connectivity index (χ1n) is 6.15. The molecule has 0 saturated carbocycles. The third-order valence-corrected chi connectivity index (χ3v) is 3.74. The van der Waals surface area contributed by atoms with Crippen LogP contribution in [0.15, 0.2) is 24.3 Å². The summed E-state index contributed by atoms with van der Waals surface area (Å²) in [5, 5.41) is 20.3. The minimum absolute atomic E-state index is 0.0730. The Bertz CT molecular complexity index is 660. The Kier molecular flexibility index (Phi) is 5.24. The van der Waals surface area contributed by atoms with E-state index in [0.717, 1.165) is 11.3 Å². The monoisotopic (exact) mass is 325 g/mol. The summed E-state index contributed by atoms with van der Waals surface area (Å²) in [6.45, 7) is 0. The number of hydrogen-bond acceptors (Lipinski definition) is 5. The molecule has 6 nitrogen and oxygen atoms in total. The molecule has 2 aromatic rings.